The molecule has 0 aliphatic heterocycles. The molecule has 90 valence electrons. The molecule has 0 radical (unpaired) electrons. The van der Waals surface area contributed by atoms with Gasteiger partial charge < -0.3 is 10.5 Å². The Bertz CT molecular complexity index is 369. The molecule has 0 spiro atoms. The molecule has 2 rings (SSSR count). The molecule has 1 aliphatic rings. The zero-order chi connectivity index (χ0) is 11.1. The molecule has 2 nitrogen and oxygen atoms in total. The first kappa shape index (κ1) is 13.2. The van der Waals surface area contributed by atoms with Crippen LogP contribution in [0, 0.1) is 0 Å². The minimum Gasteiger partial charge on any atom is -0.497 e. The summed E-state index contributed by atoms with van der Waals surface area (Å²) in [7, 11) is 1.54. The van der Waals surface area contributed by atoms with Gasteiger partial charge in [0.05, 0.1) is 12.5 Å². The van der Waals surface area contributed by atoms with E-state index in [1.165, 1.54) is 0 Å². The van der Waals surface area contributed by atoms with Gasteiger partial charge in [-0.15, -0.1) is 12.4 Å². The van der Waals surface area contributed by atoms with Crippen LogP contribution < -0.4 is 10.5 Å². The first-order valence-corrected chi connectivity index (χ1v) is 4.78. The molecule has 1 unspecified atom stereocenters. The van der Waals surface area contributed by atoms with Gasteiger partial charge in [0.15, 0.2) is 0 Å². The highest BCUT2D eigenvalue weighted by Gasteiger charge is 2.70. The molecule has 0 aromatic heterocycles. The van der Waals surface area contributed by atoms with Crippen LogP contribution in [0.25, 0.3) is 0 Å². The predicted octanol–water partition coefficient (Wildman–Crippen LogP) is 2.35. The number of hydrogen-bond acceptors (Lipinski definition) is 2. The van der Waals surface area contributed by atoms with Gasteiger partial charge in [-0.3, -0.25) is 0 Å². The Morgan fingerprint density at radius 3 is 2.12 bits per heavy atom. The quantitative estimate of drug-likeness (QED) is 0.893. The minimum atomic E-state index is -2.66. The maximum atomic E-state index is 13.2. The third-order valence-electron chi connectivity index (χ3n) is 3.09. The average molecular weight is 250 g/mol. The van der Waals surface area contributed by atoms with Crippen LogP contribution >= 0.6 is 12.4 Å². The SMILES string of the molecule is COc1ccc(C2(CN)CC2(F)F)cc1.Cl. The van der Waals surface area contributed by atoms with Gasteiger partial charge in [-0.25, -0.2) is 8.78 Å². The lowest BCUT2D eigenvalue weighted by molar-refractivity contribution is 0.0896. The van der Waals surface area contributed by atoms with Gasteiger partial charge in [-0.1, -0.05) is 12.1 Å². The van der Waals surface area contributed by atoms with E-state index in [0.29, 0.717) is 11.3 Å². The molecule has 0 saturated heterocycles. The van der Waals surface area contributed by atoms with Crippen LogP contribution in [0.1, 0.15) is 12.0 Å². The van der Waals surface area contributed by atoms with Crippen molar-refractivity contribution in [1.29, 1.82) is 0 Å². The fourth-order valence-corrected chi connectivity index (χ4v) is 1.90. The second-order valence-electron chi connectivity index (χ2n) is 3.90. The molecule has 1 aromatic carbocycles. The summed E-state index contributed by atoms with van der Waals surface area (Å²) in [6.07, 6.45) is -0.150. The molecular formula is C11H14ClF2NO. The topological polar surface area (TPSA) is 35.2 Å². The summed E-state index contributed by atoms with van der Waals surface area (Å²) in [5.41, 5.74) is 4.89. The van der Waals surface area contributed by atoms with Crippen molar-refractivity contribution in [3.63, 3.8) is 0 Å². The van der Waals surface area contributed by atoms with Crippen LogP contribution in [0.15, 0.2) is 24.3 Å². The first-order chi connectivity index (χ1) is 7.05. The normalized spacial score (nSPS) is 25.8. The number of alkyl halides is 2. The van der Waals surface area contributed by atoms with Crippen LogP contribution in [0.2, 0.25) is 0 Å². The Hall–Kier alpha value is -0.870. The number of benzene rings is 1. The van der Waals surface area contributed by atoms with E-state index >= 15 is 0 Å². The molecule has 0 bridgehead atoms. The highest BCUT2D eigenvalue weighted by atomic mass is 35.5. The van der Waals surface area contributed by atoms with Gasteiger partial charge in [-0.2, -0.15) is 0 Å². The zero-order valence-corrected chi connectivity index (χ0v) is 9.69. The summed E-state index contributed by atoms with van der Waals surface area (Å²) in [6.45, 7) is -0.0215. The smallest absolute Gasteiger partial charge is 0.260 e. The molecular weight excluding hydrogens is 236 g/mol. The van der Waals surface area contributed by atoms with Crippen molar-refractivity contribution >= 4 is 12.4 Å². The Morgan fingerprint density at radius 2 is 1.81 bits per heavy atom. The molecule has 0 heterocycles. The number of halogens is 3. The average Bonchev–Trinajstić information content (AvgIpc) is 2.82. The van der Waals surface area contributed by atoms with Crippen LogP contribution in [0.3, 0.4) is 0 Å². The number of nitrogens with two attached hydrogens (primary N) is 1. The van der Waals surface area contributed by atoms with E-state index in [-0.39, 0.29) is 25.4 Å². The molecule has 5 heteroatoms. The zero-order valence-electron chi connectivity index (χ0n) is 8.87. The fourth-order valence-electron chi connectivity index (χ4n) is 1.90. The van der Waals surface area contributed by atoms with E-state index in [0.717, 1.165) is 0 Å². The number of methoxy groups -OCH3 is 1. The van der Waals surface area contributed by atoms with Gasteiger partial charge in [0.2, 0.25) is 0 Å². The maximum absolute atomic E-state index is 13.2. The van der Waals surface area contributed by atoms with Crippen molar-refractivity contribution in [3.8, 4) is 5.75 Å². The largest absolute Gasteiger partial charge is 0.497 e. The number of rotatable bonds is 3. The molecule has 16 heavy (non-hydrogen) atoms. The summed E-state index contributed by atoms with van der Waals surface area (Å²) in [5.74, 6) is -1.99. The number of hydrogen-bond donors (Lipinski definition) is 1. The second-order valence-corrected chi connectivity index (χ2v) is 3.90. The lowest BCUT2D eigenvalue weighted by Gasteiger charge is -2.14. The summed E-state index contributed by atoms with van der Waals surface area (Å²) in [5, 5.41) is 0. The Balaban J connectivity index is 0.00000128. The van der Waals surface area contributed by atoms with E-state index in [1.807, 2.05) is 0 Å². The van der Waals surface area contributed by atoms with Gasteiger partial charge in [0.25, 0.3) is 5.92 Å². The summed E-state index contributed by atoms with van der Waals surface area (Å²) in [6, 6.07) is 6.68. The maximum Gasteiger partial charge on any atom is 0.260 e. The van der Waals surface area contributed by atoms with E-state index < -0.39 is 11.3 Å². The fraction of sp³-hybridized carbons (Fsp3) is 0.455. The Labute approximate surface area is 99.2 Å². The summed E-state index contributed by atoms with van der Waals surface area (Å²) < 4.78 is 31.4. The van der Waals surface area contributed by atoms with Crippen molar-refractivity contribution in [2.24, 2.45) is 5.73 Å². The van der Waals surface area contributed by atoms with Crippen LogP contribution in [0.5, 0.6) is 5.75 Å². The van der Waals surface area contributed by atoms with Crippen LogP contribution in [0.4, 0.5) is 8.78 Å². The Kier molecular flexibility index (Phi) is 3.45. The molecule has 1 atom stereocenters. The third-order valence-corrected chi connectivity index (χ3v) is 3.09. The molecule has 2 N–H and O–H groups in total. The van der Waals surface area contributed by atoms with Crippen LogP contribution in [-0.4, -0.2) is 19.6 Å². The molecule has 1 aromatic rings. The van der Waals surface area contributed by atoms with Gasteiger partial charge in [0.1, 0.15) is 5.75 Å². The summed E-state index contributed by atoms with van der Waals surface area (Å²) >= 11 is 0. The monoisotopic (exact) mass is 249 g/mol. The lowest BCUT2D eigenvalue weighted by atomic mass is 9.95. The van der Waals surface area contributed by atoms with Gasteiger partial charge in [-0.05, 0) is 17.7 Å². The van der Waals surface area contributed by atoms with Gasteiger partial charge in [0, 0.05) is 13.0 Å². The van der Waals surface area contributed by atoms with Crippen molar-refractivity contribution in [1.82, 2.24) is 0 Å². The van der Waals surface area contributed by atoms with Crippen molar-refractivity contribution < 1.29 is 13.5 Å². The number of ether oxygens (including phenoxy) is 1. The molecule has 1 saturated carbocycles. The highest BCUT2D eigenvalue weighted by Crippen LogP contribution is 2.60. The lowest BCUT2D eigenvalue weighted by Crippen LogP contribution is -2.26. The predicted molar refractivity (Wildman–Crippen MR) is 60.5 cm³/mol. The van der Waals surface area contributed by atoms with Crippen molar-refractivity contribution in [2.45, 2.75) is 17.8 Å². The Morgan fingerprint density at radius 1 is 1.31 bits per heavy atom. The standard InChI is InChI=1S/C11H13F2NO.ClH/c1-15-9-4-2-8(3-5-9)10(7-14)6-11(10,12)13;/h2-5H,6-7,14H2,1H3;1H. The van der Waals surface area contributed by atoms with Crippen LogP contribution in [-0.2, 0) is 5.41 Å². The van der Waals surface area contributed by atoms with Crippen molar-refractivity contribution in [3.05, 3.63) is 29.8 Å². The van der Waals surface area contributed by atoms with E-state index in [9.17, 15) is 8.78 Å². The van der Waals surface area contributed by atoms with Gasteiger partial charge >= 0.3 is 0 Å². The molecule has 1 aliphatic carbocycles. The second kappa shape index (κ2) is 4.18. The van der Waals surface area contributed by atoms with E-state index in [1.54, 1.807) is 31.4 Å². The minimum absolute atomic E-state index is 0. The molecule has 0 amide bonds. The summed E-state index contributed by atoms with van der Waals surface area (Å²) in [4.78, 5) is 0. The highest BCUT2D eigenvalue weighted by molar-refractivity contribution is 5.85. The molecule has 1 fully saturated rings. The van der Waals surface area contributed by atoms with Crippen molar-refractivity contribution in [2.75, 3.05) is 13.7 Å². The van der Waals surface area contributed by atoms with E-state index in [4.69, 9.17) is 10.5 Å². The van der Waals surface area contributed by atoms with E-state index in [2.05, 4.69) is 0 Å². The third kappa shape index (κ3) is 1.76. The first-order valence-electron chi connectivity index (χ1n) is 4.78.